The molecule has 1 unspecified atom stereocenters. The van der Waals surface area contributed by atoms with Crippen molar-refractivity contribution in [3.05, 3.63) is 102 Å². The topological polar surface area (TPSA) is 25.8 Å². The van der Waals surface area contributed by atoms with Crippen molar-refractivity contribution >= 4 is 27.2 Å². The van der Waals surface area contributed by atoms with Crippen LogP contribution >= 0.6 is 0 Å². The molecule has 2 aliphatic carbocycles. The van der Waals surface area contributed by atoms with Crippen molar-refractivity contribution in [2.24, 2.45) is 11.8 Å². The van der Waals surface area contributed by atoms with Crippen molar-refractivity contribution in [1.82, 2.24) is 9.97 Å². The van der Waals surface area contributed by atoms with Crippen LogP contribution in [0.2, 0.25) is 0 Å². The summed E-state index contributed by atoms with van der Waals surface area (Å²) in [6.07, 6.45) is 13.8. The molecule has 4 aromatic rings. The van der Waals surface area contributed by atoms with Gasteiger partial charge in [0, 0.05) is 17.8 Å². The second-order valence-electron chi connectivity index (χ2n) is 8.87. The van der Waals surface area contributed by atoms with Gasteiger partial charge in [0.2, 0.25) is 0 Å². The molecule has 154 valence electrons. The number of allylic oxidation sites excluding steroid dienone is 4. The molecule has 0 N–H and O–H groups in total. The molecule has 31 heavy (non-hydrogen) atoms. The molecule has 2 heteroatoms. The highest BCUT2D eigenvalue weighted by molar-refractivity contribution is 5.93. The van der Waals surface area contributed by atoms with Gasteiger partial charge in [0.15, 0.2) is 0 Å². The van der Waals surface area contributed by atoms with Crippen LogP contribution in [0.4, 0.5) is 0 Å². The summed E-state index contributed by atoms with van der Waals surface area (Å²) < 4.78 is 0. The van der Waals surface area contributed by atoms with Crippen LogP contribution in [0.3, 0.4) is 0 Å². The Bertz CT molecular complexity index is 1230. The summed E-state index contributed by atoms with van der Waals surface area (Å²) in [6, 6.07) is 19.3. The van der Waals surface area contributed by atoms with Gasteiger partial charge in [0.25, 0.3) is 0 Å². The number of aromatic nitrogens is 2. The maximum Gasteiger partial charge on any atom is 0.0885 e. The fourth-order valence-electron chi connectivity index (χ4n) is 4.82. The van der Waals surface area contributed by atoms with E-state index in [1.807, 2.05) is 18.2 Å². The molecule has 0 amide bonds. The number of benzene rings is 2. The first-order valence-corrected chi connectivity index (χ1v) is 11.3. The molecule has 0 fully saturated rings. The number of aryl methyl sites for hydroxylation is 1. The van der Waals surface area contributed by atoms with Gasteiger partial charge < -0.3 is 0 Å². The van der Waals surface area contributed by atoms with Gasteiger partial charge in [0.1, 0.15) is 0 Å². The fourth-order valence-corrected chi connectivity index (χ4v) is 4.82. The van der Waals surface area contributed by atoms with E-state index < -0.39 is 0 Å². The van der Waals surface area contributed by atoms with Crippen LogP contribution < -0.4 is 0 Å². The van der Waals surface area contributed by atoms with Crippen molar-refractivity contribution in [1.29, 1.82) is 0 Å². The predicted molar refractivity (Wildman–Crippen MR) is 131 cm³/mol. The maximum absolute atomic E-state index is 4.12. The third kappa shape index (κ3) is 3.90. The number of rotatable bonds is 1. The molecule has 0 aliphatic heterocycles. The van der Waals surface area contributed by atoms with Crippen molar-refractivity contribution < 1.29 is 0 Å². The first-order valence-electron chi connectivity index (χ1n) is 11.3. The first kappa shape index (κ1) is 19.7. The van der Waals surface area contributed by atoms with E-state index in [9.17, 15) is 0 Å². The smallest absolute Gasteiger partial charge is 0.0885 e. The van der Waals surface area contributed by atoms with Crippen LogP contribution in [-0.2, 0) is 6.42 Å². The van der Waals surface area contributed by atoms with E-state index in [2.05, 4.69) is 72.4 Å². The fraction of sp³-hybridized carbons (Fsp3) is 0.241. The Labute approximate surface area is 184 Å². The number of hydrogen-bond acceptors (Lipinski definition) is 2. The molecule has 2 heterocycles. The molecule has 0 radical (unpaired) electrons. The SMILES string of the molecule is CC(C)C1C=CC2=C(CCc3c2ccc2ccccc32)C1.c1cnc2cnccc2c1. The van der Waals surface area contributed by atoms with Crippen LogP contribution in [0, 0.1) is 11.8 Å². The van der Waals surface area contributed by atoms with Crippen LogP contribution in [0.15, 0.2) is 90.9 Å². The van der Waals surface area contributed by atoms with Crippen molar-refractivity contribution in [2.75, 3.05) is 0 Å². The summed E-state index contributed by atoms with van der Waals surface area (Å²) in [4.78, 5) is 8.07. The molecule has 1 atom stereocenters. The molecule has 0 bridgehead atoms. The lowest BCUT2D eigenvalue weighted by Gasteiger charge is -2.30. The Morgan fingerprint density at radius 3 is 2.61 bits per heavy atom. The van der Waals surface area contributed by atoms with Gasteiger partial charge in [-0.25, -0.2) is 0 Å². The first-order chi connectivity index (χ1) is 15.2. The quantitative estimate of drug-likeness (QED) is 0.330. The second kappa shape index (κ2) is 8.47. The average Bonchev–Trinajstić information content (AvgIpc) is 2.83. The standard InChI is InChI=1S/C21H22.C8H6N2/c1-14(2)16-8-10-19-17(13-16)9-12-20-18-6-4-3-5-15(18)7-11-21(19)20;1-2-7-3-5-9-6-8(7)10-4-1/h3-8,10-11,14,16H,9,12-13H2,1-2H3;1-6H. The Morgan fingerprint density at radius 2 is 1.74 bits per heavy atom. The number of fused-ring (bicyclic) bond motifs is 5. The van der Waals surface area contributed by atoms with Crippen LogP contribution in [-0.4, -0.2) is 9.97 Å². The van der Waals surface area contributed by atoms with Crippen molar-refractivity contribution in [2.45, 2.75) is 33.1 Å². The zero-order valence-electron chi connectivity index (χ0n) is 18.3. The molecule has 2 aromatic heterocycles. The minimum absolute atomic E-state index is 0.728. The van der Waals surface area contributed by atoms with Crippen LogP contribution in [0.25, 0.3) is 27.2 Å². The number of hydrogen-bond donors (Lipinski definition) is 0. The van der Waals surface area contributed by atoms with Gasteiger partial charge in [0.05, 0.1) is 11.7 Å². The van der Waals surface area contributed by atoms with E-state index in [4.69, 9.17) is 0 Å². The third-order valence-electron chi connectivity index (χ3n) is 6.65. The lowest BCUT2D eigenvalue weighted by Crippen LogP contribution is -2.15. The Morgan fingerprint density at radius 1 is 0.871 bits per heavy atom. The normalized spacial score (nSPS) is 17.3. The predicted octanol–water partition coefficient (Wildman–Crippen LogP) is 7.40. The van der Waals surface area contributed by atoms with Gasteiger partial charge in [-0.2, -0.15) is 0 Å². The third-order valence-corrected chi connectivity index (χ3v) is 6.65. The van der Waals surface area contributed by atoms with Crippen molar-refractivity contribution in [3.63, 3.8) is 0 Å². The molecule has 6 rings (SSSR count). The van der Waals surface area contributed by atoms with E-state index in [0.717, 1.165) is 22.7 Å². The maximum atomic E-state index is 4.12. The number of pyridine rings is 2. The summed E-state index contributed by atoms with van der Waals surface area (Å²) in [7, 11) is 0. The average molecular weight is 405 g/mol. The van der Waals surface area contributed by atoms with E-state index in [1.165, 1.54) is 41.2 Å². The summed E-state index contributed by atoms with van der Waals surface area (Å²) in [5.41, 5.74) is 7.18. The van der Waals surface area contributed by atoms with E-state index in [1.54, 1.807) is 29.7 Å². The zero-order chi connectivity index (χ0) is 21.2. The van der Waals surface area contributed by atoms with E-state index >= 15 is 0 Å². The number of nitrogens with zero attached hydrogens (tertiary/aromatic N) is 2. The van der Waals surface area contributed by atoms with Gasteiger partial charge >= 0.3 is 0 Å². The molecule has 2 aromatic carbocycles. The van der Waals surface area contributed by atoms with Gasteiger partial charge in [-0.1, -0.05) is 74.0 Å². The molecule has 0 saturated heterocycles. The molecule has 0 saturated carbocycles. The van der Waals surface area contributed by atoms with Crippen molar-refractivity contribution in [3.8, 4) is 0 Å². The lowest BCUT2D eigenvalue weighted by atomic mass is 9.75. The second-order valence-corrected chi connectivity index (χ2v) is 8.87. The molecular formula is C29H28N2. The van der Waals surface area contributed by atoms with E-state index in [-0.39, 0.29) is 0 Å². The molecule has 2 aliphatic rings. The lowest BCUT2D eigenvalue weighted by molar-refractivity contribution is 0.453. The van der Waals surface area contributed by atoms with Gasteiger partial charge in [-0.15, -0.1) is 0 Å². The largest absolute Gasteiger partial charge is 0.262 e. The van der Waals surface area contributed by atoms with E-state index in [0.29, 0.717) is 0 Å². The molecular weight excluding hydrogens is 376 g/mol. The Hall–Kier alpha value is -3.26. The molecule has 0 spiro atoms. The highest BCUT2D eigenvalue weighted by Crippen LogP contribution is 2.42. The summed E-state index contributed by atoms with van der Waals surface area (Å²) in [6.45, 7) is 4.68. The van der Waals surface area contributed by atoms with Gasteiger partial charge in [-0.3, -0.25) is 9.97 Å². The Balaban J connectivity index is 0.000000171. The minimum Gasteiger partial charge on any atom is -0.262 e. The zero-order valence-corrected chi connectivity index (χ0v) is 18.3. The minimum atomic E-state index is 0.728. The summed E-state index contributed by atoms with van der Waals surface area (Å²) in [5, 5.41) is 3.96. The monoisotopic (exact) mass is 404 g/mol. The summed E-state index contributed by atoms with van der Waals surface area (Å²) >= 11 is 0. The van der Waals surface area contributed by atoms with Crippen LogP contribution in [0.5, 0.6) is 0 Å². The summed E-state index contributed by atoms with van der Waals surface area (Å²) in [5.74, 6) is 1.47. The highest BCUT2D eigenvalue weighted by Gasteiger charge is 2.24. The van der Waals surface area contributed by atoms with Crippen LogP contribution in [0.1, 0.15) is 37.8 Å². The Kier molecular flexibility index (Phi) is 5.38. The van der Waals surface area contributed by atoms with Gasteiger partial charge in [-0.05, 0) is 70.7 Å². The molecule has 2 nitrogen and oxygen atoms in total. The highest BCUT2D eigenvalue weighted by atomic mass is 14.7.